The lowest BCUT2D eigenvalue weighted by Gasteiger charge is -2.11. The smallest absolute Gasteiger partial charge is 0.348 e. The molecular weight excluding hydrogens is 204 g/mol. The number of allylic oxidation sites excluding steroid dienone is 1. The van der Waals surface area contributed by atoms with Gasteiger partial charge in [-0.25, -0.2) is 0 Å². The highest BCUT2D eigenvalue weighted by atomic mass is 35.5. The molecule has 0 bridgehead atoms. The van der Waals surface area contributed by atoms with Crippen LogP contribution >= 0.6 is 11.6 Å². The maximum absolute atomic E-state index is 5.57. The van der Waals surface area contributed by atoms with Crippen LogP contribution in [0.3, 0.4) is 0 Å². The molecule has 0 saturated heterocycles. The minimum absolute atomic E-state index is 0.536. The zero-order chi connectivity index (χ0) is 9.94. The maximum atomic E-state index is 5.57. The first-order valence-corrected chi connectivity index (χ1v) is 6.95. The van der Waals surface area contributed by atoms with Crippen LogP contribution in [0, 0.1) is 0 Å². The third kappa shape index (κ3) is 8.50. The van der Waals surface area contributed by atoms with E-state index < -0.39 is 9.28 Å². The van der Waals surface area contributed by atoms with Gasteiger partial charge in [0.25, 0.3) is 0 Å². The Balaban J connectivity index is 3.66. The molecule has 0 fully saturated rings. The van der Waals surface area contributed by atoms with Crippen LogP contribution in [0.1, 0.15) is 26.7 Å². The monoisotopic (exact) mass is 222 g/mol. The van der Waals surface area contributed by atoms with Gasteiger partial charge in [-0.1, -0.05) is 19.9 Å². The van der Waals surface area contributed by atoms with Crippen molar-refractivity contribution in [1.29, 1.82) is 0 Å². The van der Waals surface area contributed by atoms with Gasteiger partial charge in [-0.2, -0.15) is 0 Å². The SMILES string of the molecule is CCCO[SiH](C=CCCl)OCCC. The molecule has 4 heteroatoms. The van der Waals surface area contributed by atoms with Crippen molar-refractivity contribution in [1.82, 2.24) is 0 Å². The summed E-state index contributed by atoms with van der Waals surface area (Å²) >= 11 is 5.54. The third-order valence-corrected chi connectivity index (χ3v) is 3.25. The van der Waals surface area contributed by atoms with Gasteiger partial charge in [0.1, 0.15) is 0 Å². The van der Waals surface area contributed by atoms with Crippen molar-refractivity contribution in [2.45, 2.75) is 26.7 Å². The summed E-state index contributed by atoms with van der Waals surface area (Å²) in [5.41, 5.74) is 2.00. The van der Waals surface area contributed by atoms with Crippen molar-refractivity contribution in [3.63, 3.8) is 0 Å². The molecule has 0 aliphatic heterocycles. The molecule has 13 heavy (non-hydrogen) atoms. The van der Waals surface area contributed by atoms with Crippen molar-refractivity contribution in [3.05, 3.63) is 11.8 Å². The topological polar surface area (TPSA) is 18.5 Å². The van der Waals surface area contributed by atoms with Gasteiger partial charge in [0.15, 0.2) is 0 Å². The summed E-state index contributed by atoms with van der Waals surface area (Å²) < 4.78 is 11.1. The Morgan fingerprint density at radius 2 is 1.69 bits per heavy atom. The lowest BCUT2D eigenvalue weighted by Crippen LogP contribution is -2.21. The van der Waals surface area contributed by atoms with E-state index >= 15 is 0 Å². The molecule has 0 amide bonds. The van der Waals surface area contributed by atoms with Gasteiger partial charge in [-0.05, 0) is 18.5 Å². The normalized spacial score (nSPS) is 11.7. The van der Waals surface area contributed by atoms with E-state index in [1.165, 1.54) is 0 Å². The number of alkyl halides is 1. The molecular formula is C9H19ClO2Si. The van der Waals surface area contributed by atoms with E-state index in [0.29, 0.717) is 5.88 Å². The minimum Gasteiger partial charge on any atom is -0.394 e. The molecule has 0 aromatic heterocycles. The second kappa shape index (κ2) is 10.2. The van der Waals surface area contributed by atoms with E-state index in [9.17, 15) is 0 Å². The van der Waals surface area contributed by atoms with Crippen molar-refractivity contribution in [2.75, 3.05) is 19.1 Å². The summed E-state index contributed by atoms with van der Waals surface area (Å²) in [4.78, 5) is 0. The van der Waals surface area contributed by atoms with Gasteiger partial charge in [0.05, 0.1) is 0 Å². The fourth-order valence-electron chi connectivity index (χ4n) is 0.790. The Bertz CT molecular complexity index is 123. The summed E-state index contributed by atoms with van der Waals surface area (Å²) in [6, 6.07) is 0. The Hall–Kier alpha value is 0.167. The number of hydrogen-bond acceptors (Lipinski definition) is 2. The molecule has 2 nitrogen and oxygen atoms in total. The van der Waals surface area contributed by atoms with E-state index in [1.807, 2.05) is 11.8 Å². The molecule has 0 aromatic carbocycles. The first kappa shape index (κ1) is 13.2. The van der Waals surface area contributed by atoms with Gasteiger partial charge in [-0.15, -0.1) is 11.6 Å². The summed E-state index contributed by atoms with van der Waals surface area (Å²) in [7, 11) is -1.55. The second-order valence-electron chi connectivity index (χ2n) is 2.69. The second-order valence-corrected chi connectivity index (χ2v) is 4.79. The van der Waals surface area contributed by atoms with Gasteiger partial charge in [0, 0.05) is 19.1 Å². The fraction of sp³-hybridized carbons (Fsp3) is 0.778. The molecule has 0 unspecified atom stereocenters. The number of halogens is 1. The van der Waals surface area contributed by atoms with Gasteiger partial charge in [-0.3, -0.25) is 0 Å². The van der Waals surface area contributed by atoms with E-state index in [0.717, 1.165) is 26.1 Å². The first-order valence-electron chi connectivity index (χ1n) is 4.81. The molecule has 0 rings (SSSR count). The number of rotatable bonds is 8. The number of hydrogen-bond donors (Lipinski definition) is 0. The van der Waals surface area contributed by atoms with Crippen LogP contribution in [0.4, 0.5) is 0 Å². The van der Waals surface area contributed by atoms with Crippen LogP contribution in [-0.4, -0.2) is 28.4 Å². The lowest BCUT2D eigenvalue weighted by atomic mass is 10.5. The first-order chi connectivity index (χ1) is 6.35. The highest BCUT2D eigenvalue weighted by Gasteiger charge is 2.07. The molecule has 0 N–H and O–H groups in total. The Morgan fingerprint density at radius 1 is 1.15 bits per heavy atom. The van der Waals surface area contributed by atoms with E-state index in [4.69, 9.17) is 20.5 Å². The van der Waals surface area contributed by atoms with Crippen molar-refractivity contribution >= 4 is 20.9 Å². The van der Waals surface area contributed by atoms with E-state index in [2.05, 4.69) is 13.8 Å². The third-order valence-electron chi connectivity index (χ3n) is 1.35. The van der Waals surface area contributed by atoms with Crippen molar-refractivity contribution < 1.29 is 8.85 Å². The summed E-state index contributed by atoms with van der Waals surface area (Å²) in [5.74, 6) is 0.536. The van der Waals surface area contributed by atoms with Gasteiger partial charge < -0.3 is 8.85 Å². The lowest BCUT2D eigenvalue weighted by molar-refractivity contribution is 0.206. The fourth-order valence-corrected chi connectivity index (χ4v) is 2.68. The van der Waals surface area contributed by atoms with Crippen LogP contribution in [0.5, 0.6) is 0 Å². The minimum atomic E-state index is -1.55. The summed E-state index contributed by atoms with van der Waals surface area (Å²) in [6.45, 7) is 5.76. The van der Waals surface area contributed by atoms with Crippen molar-refractivity contribution in [3.8, 4) is 0 Å². The van der Waals surface area contributed by atoms with Crippen molar-refractivity contribution in [2.24, 2.45) is 0 Å². The standard InChI is InChI=1S/C9H19ClO2Si/c1-3-7-11-13(9-5-6-10)12-8-4-2/h5,9,13H,3-4,6-8H2,1-2H3. The summed E-state index contributed by atoms with van der Waals surface area (Å²) in [6.07, 6.45) is 3.98. The Morgan fingerprint density at radius 3 is 2.08 bits per heavy atom. The highest BCUT2D eigenvalue weighted by molar-refractivity contribution is 6.50. The van der Waals surface area contributed by atoms with Crippen LogP contribution in [0.15, 0.2) is 11.8 Å². The predicted molar refractivity (Wildman–Crippen MR) is 59.5 cm³/mol. The van der Waals surface area contributed by atoms with Crippen LogP contribution < -0.4 is 0 Å². The Labute approximate surface area is 87.7 Å². The largest absolute Gasteiger partial charge is 0.394 e. The molecule has 0 radical (unpaired) electrons. The molecule has 0 atom stereocenters. The molecule has 0 aromatic rings. The molecule has 0 heterocycles. The maximum Gasteiger partial charge on any atom is 0.348 e. The van der Waals surface area contributed by atoms with E-state index in [1.54, 1.807) is 0 Å². The average molecular weight is 223 g/mol. The molecule has 0 spiro atoms. The van der Waals surface area contributed by atoms with Crippen LogP contribution in [0.2, 0.25) is 0 Å². The van der Waals surface area contributed by atoms with E-state index in [-0.39, 0.29) is 0 Å². The molecule has 0 saturated carbocycles. The van der Waals surface area contributed by atoms with Gasteiger partial charge >= 0.3 is 9.28 Å². The highest BCUT2D eigenvalue weighted by Crippen LogP contribution is 1.96. The predicted octanol–water partition coefficient (Wildman–Crippen LogP) is 2.39. The van der Waals surface area contributed by atoms with Crippen LogP contribution in [-0.2, 0) is 8.85 Å². The average Bonchev–Trinajstić information content (AvgIpc) is 2.17. The summed E-state index contributed by atoms with van der Waals surface area (Å²) in [5, 5.41) is 0. The molecule has 0 aliphatic carbocycles. The molecule has 78 valence electrons. The quantitative estimate of drug-likeness (QED) is 0.464. The van der Waals surface area contributed by atoms with Gasteiger partial charge in [0.2, 0.25) is 0 Å². The Kier molecular flexibility index (Phi) is 10.4. The zero-order valence-electron chi connectivity index (χ0n) is 8.46. The zero-order valence-corrected chi connectivity index (χ0v) is 10.4. The van der Waals surface area contributed by atoms with Crippen LogP contribution in [0.25, 0.3) is 0 Å². The molecule has 0 aliphatic rings.